The van der Waals surface area contributed by atoms with Crippen molar-refractivity contribution in [1.29, 1.82) is 5.26 Å². The van der Waals surface area contributed by atoms with Gasteiger partial charge in [0.1, 0.15) is 31.4 Å². The van der Waals surface area contributed by atoms with Gasteiger partial charge in [-0.05, 0) is 162 Å². The molecule has 0 spiro atoms. The van der Waals surface area contributed by atoms with Crippen LogP contribution in [0.5, 0.6) is 0 Å². The summed E-state index contributed by atoms with van der Waals surface area (Å²) in [6.45, 7) is 8.41. The van der Waals surface area contributed by atoms with E-state index < -0.39 is 5.97 Å². The molecule has 0 saturated carbocycles. The minimum Gasteiger partial charge on any atom is -0.477 e. The highest BCUT2D eigenvalue weighted by Crippen LogP contribution is 2.27. The summed E-state index contributed by atoms with van der Waals surface area (Å²) in [5.41, 5.74) is 24.8. The number of amides is 1. The summed E-state index contributed by atoms with van der Waals surface area (Å²) in [6.07, 6.45) is 5.64. The number of halogens is 5. The molecule has 0 bridgehead atoms. The van der Waals surface area contributed by atoms with Crippen molar-refractivity contribution in [2.24, 2.45) is 5.73 Å². The molecule has 6 aromatic heterocycles. The normalized spacial score (nSPS) is 9.92. The number of carboxylic acid groups (broad SMARTS) is 1. The number of nitriles is 1. The van der Waals surface area contributed by atoms with Gasteiger partial charge < -0.3 is 36.0 Å². The number of thiocarbonyl (C=S) groups is 1. The van der Waals surface area contributed by atoms with Crippen LogP contribution in [0, 0.1) is 39.2 Å². The summed E-state index contributed by atoms with van der Waals surface area (Å²) in [6, 6.07) is 71.9. The molecule has 0 aliphatic heterocycles. The van der Waals surface area contributed by atoms with Crippen LogP contribution < -0.4 is 16.8 Å². The van der Waals surface area contributed by atoms with Crippen LogP contribution in [-0.2, 0) is 23.8 Å². The third-order valence-corrected chi connectivity index (χ3v) is 18.8. The number of H-pyrrole nitrogens is 1. The average molecular weight is 1720 g/mol. The second-order valence-corrected chi connectivity index (χ2v) is 28.0. The Morgan fingerprint density at radius 3 is 1.31 bits per heavy atom. The zero-order valence-electron chi connectivity index (χ0n) is 55.7. The quantitative estimate of drug-likeness (QED) is 0.0212. The number of nitrogens with one attached hydrogen (secondary N) is 2. The molecule has 13 rings (SSSR count). The number of aryl methyl sites for hydroxylation is 3. The molecule has 1 amide bonds. The first kappa shape index (κ1) is 82.0. The van der Waals surface area contributed by atoms with Crippen LogP contribution in [0.3, 0.4) is 0 Å². The van der Waals surface area contributed by atoms with Gasteiger partial charge in [-0.25, -0.2) is 19.7 Å². The number of Topliss-reactive ketones (excluding diaryl/α,β-unsaturated/α-hetero) is 2. The summed E-state index contributed by atoms with van der Waals surface area (Å²) >= 11 is 29.8. The predicted molar refractivity (Wildman–Crippen MR) is 442 cm³/mol. The smallest absolute Gasteiger partial charge is 0.352 e. The number of thiazole rings is 3. The number of nitrogen functional groups attached to an aromatic ring is 1. The second kappa shape index (κ2) is 44.4. The number of aromatic nitrogens is 6. The summed E-state index contributed by atoms with van der Waals surface area (Å²) in [5.74, 6) is -0.521. The molecular formula is C78H71Cl3I2N10O5S4. The van der Waals surface area contributed by atoms with Crippen LogP contribution in [0.25, 0.3) is 31.7 Å². The molecule has 0 aliphatic carbocycles. The molecule has 0 atom stereocenters. The van der Waals surface area contributed by atoms with Gasteiger partial charge in [0.15, 0.2) is 11.6 Å². The van der Waals surface area contributed by atoms with Crippen molar-refractivity contribution in [2.75, 3.05) is 22.8 Å². The molecule has 7 aromatic carbocycles. The number of nitrogens with two attached hydrogens (primary N) is 2. The van der Waals surface area contributed by atoms with Crippen molar-refractivity contribution in [2.45, 2.75) is 46.7 Å². The first-order chi connectivity index (χ1) is 49.1. The highest BCUT2D eigenvalue weighted by atomic mass is 127. The maximum Gasteiger partial charge on any atom is 0.352 e. The van der Waals surface area contributed by atoms with E-state index in [-0.39, 0.29) is 29.2 Å². The number of carbonyl (C=O) groups excluding carboxylic acids is 3. The van der Waals surface area contributed by atoms with E-state index in [1.54, 1.807) is 63.7 Å². The van der Waals surface area contributed by atoms with Gasteiger partial charge in [0, 0.05) is 82.4 Å². The highest BCUT2D eigenvalue weighted by molar-refractivity contribution is 14.1. The molecular weight excluding hydrogens is 1650 g/mol. The molecule has 0 radical (unpaired) electrons. The van der Waals surface area contributed by atoms with E-state index in [1.807, 2.05) is 237 Å². The van der Waals surface area contributed by atoms with Crippen LogP contribution in [-0.4, -0.2) is 74.4 Å². The Hall–Kier alpha value is -8.94. The lowest BCUT2D eigenvalue weighted by molar-refractivity contribution is -0.114. The molecule has 522 valence electrons. The van der Waals surface area contributed by atoms with E-state index in [1.165, 1.54) is 3.57 Å². The number of aromatic amines is 1. The number of nitrogens with zero attached hydrogens (tertiary/aromatic N) is 6. The van der Waals surface area contributed by atoms with E-state index in [0.29, 0.717) is 46.6 Å². The Labute approximate surface area is 653 Å². The molecule has 7 N–H and O–H groups in total. The molecule has 102 heavy (non-hydrogen) atoms. The molecule has 0 fully saturated rings. The molecule has 0 saturated heterocycles. The SMILES string of the molecule is CC(=O)c1cc(C)c[nH]1.Cc1cc(C(=O)Nc2ccc(I)cc2)n(Cc2csc(-c3ccccc3)n2)c1.Cc1cc(C(=O)O)n(Cc2csc(-c3ccccc3)n2)c1.ClCc1csc(-c2ccccc2)n1.N#Cc1ccccc1.NC(=S)c1ccccc1.Nc1ccc(I)cc1.O=C(CCl)CCl. The van der Waals surface area contributed by atoms with Gasteiger partial charge in [-0.15, -0.1) is 68.8 Å². The number of rotatable bonds is 15. The van der Waals surface area contributed by atoms with E-state index in [2.05, 4.69) is 95.1 Å². The van der Waals surface area contributed by atoms with Crippen molar-refractivity contribution >= 4 is 166 Å². The van der Waals surface area contributed by atoms with Gasteiger partial charge >= 0.3 is 5.97 Å². The largest absolute Gasteiger partial charge is 0.477 e. The van der Waals surface area contributed by atoms with Gasteiger partial charge in [-0.2, -0.15) is 5.26 Å². The fourth-order valence-electron chi connectivity index (χ4n) is 8.61. The van der Waals surface area contributed by atoms with Crippen LogP contribution in [0.4, 0.5) is 11.4 Å². The Balaban J connectivity index is 0.000000195. The molecule has 15 nitrogen and oxygen atoms in total. The highest BCUT2D eigenvalue weighted by Gasteiger charge is 2.16. The minimum atomic E-state index is -0.915. The Morgan fingerprint density at radius 1 is 0.578 bits per heavy atom. The third kappa shape index (κ3) is 29.2. The van der Waals surface area contributed by atoms with Crippen molar-refractivity contribution in [3.8, 4) is 37.8 Å². The molecule has 0 unspecified atom stereocenters. The number of aromatic carboxylic acids is 1. The zero-order valence-corrected chi connectivity index (χ0v) is 65.6. The number of anilines is 2. The monoisotopic (exact) mass is 1710 g/mol. The van der Waals surface area contributed by atoms with E-state index in [9.17, 15) is 24.3 Å². The summed E-state index contributed by atoms with van der Waals surface area (Å²) in [7, 11) is 0. The van der Waals surface area contributed by atoms with Gasteiger partial charge in [0.05, 0.1) is 65.1 Å². The van der Waals surface area contributed by atoms with Crippen molar-refractivity contribution < 1.29 is 24.3 Å². The summed E-state index contributed by atoms with van der Waals surface area (Å²) < 4.78 is 6.03. The molecule has 6 heterocycles. The lowest BCUT2D eigenvalue weighted by atomic mass is 10.2. The number of carboxylic acids is 1. The van der Waals surface area contributed by atoms with Crippen LogP contribution in [0.2, 0.25) is 0 Å². The maximum absolute atomic E-state index is 12.8. The Kier molecular flexibility index (Phi) is 35.7. The number of benzene rings is 7. The summed E-state index contributed by atoms with van der Waals surface area (Å²) in [4.78, 5) is 61.6. The van der Waals surface area contributed by atoms with Crippen molar-refractivity contribution in [1.82, 2.24) is 29.1 Å². The number of hydrogen-bond donors (Lipinski definition) is 5. The standard InChI is InChI=1S/C22H18IN3OS.C16H14N2O2S.C10H8ClNS.C7H9NO.C7H7NS.C7H5N.C6H6IN.C3H4Cl2O/c1-15-11-20(21(27)24-18-9-7-17(23)8-10-18)26(12-15)13-19-14-28-22(25-19)16-5-3-2-4-6-16;1-11-7-14(16(19)20)18(8-11)9-13-10-21-15(17-13)12-5-3-2-4-6-12;11-6-9-7-13-10(12-9)8-4-2-1-3-5-8;1-5-3-7(6(2)9)8-4-5;8-7(9)6-4-2-1-3-5-6;8-6-7-4-2-1-3-5-7;7-5-1-3-6(8)4-2-5;4-1-3(6)2-5/h2-12,14H,13H2,1H3,(H,24,27);2-8,10H,9H2,1H3,(H,19,20);1-5,7H,6H2;3-4,8H,1-2H3;1-5H,(H2,8,9);1-5H;1-4H,8H2;1-2H2. The van der Waals surface area contributed by atoms with Gasteiger partial charge in [0.2, 0.25) is 0 Å². The van der Waals surface area contributed by atoms with Gasteiger partial charge in [-0.1, -0.05) is 152 Å². The third-order valence-electron chi connectivity index (χ3n) is 13.5. The topological polar surface area (TPSA) is 241 Å². The second-order valence-electron chi connectivity index (χ2n) is 21.7. The predicted octanol–water partition coefficient (Wildman–Crippen LogP) is 20.4. The lowest BCUT2D eigenvalue weighted by Gasteiger charge is -2.09. The number of carbonyl (C=O) groups is 4. The fourth-order valence-corrected chi connectivity index (χ4v) is 12.4. The van der Waals surface area contributed by atoms with Gasteiger partial charge in [-0.3, -0.25) is 14.4 Å². The van der Waals surface area contributed by atoms with Crippen molar-refractivity contribution in [3.05, 3.63) is 322 Å². The molecule has 13 aromatic rings. The first-order valence-corrected chi connectivity index (χ1v) is 37.8. The Bertz CT molecular complexity index is 4710. The summed E-state index contributed by atoms with van der Waals surface area (Å²) in [5, 5.41) is 29.5. The minimum absolute atomic E-state index is 0.0312. The van der Waals surface area contributed by atoms with E-state index in [0.717, 1.165) is 86.0 Å². The molecule has 24 heteroatoms. The van der Waals surface area contributed by atoms with Crippen LogP contribution in [0.15, 0.2) is 253 Å². The van der Waals surface area contributed by atoms with Crippen molar-refractivity contribution in [3.63, 3.8) is 0 Å². The van der Waals surface area contributed by atoms with E-state index in [4.69, 9.17) is 68.7 Å². The zero-order chi connectivity index (χ0) is 73.8. The van der Waals surface area contributed by atoms with Crippen LogP contribution in [0.1, 0.15) is 83.3 Å². The number of alkyl halides is 3. The van der Waals surface area contributed by atoms with Crippen LogP contribution >= 0.6 is 126 Å². The maximum atomic E-state index is 12.8. The number of hydrogen-bond acceptors (Lipinski definition) is 13. The average Bonchev–Trinajstić information content (AvgIpc) is 1.69. The lowest BCUT2D eigenvalue weighted by Crippen LogP contribution is -2.17. The first-order valence-electron chi connectivity index (χ1n) is 30.9. The fraction of sp³-hybridized carbons (Fsp3) is 0.115. The van der Waals surface area contributed by atoms with Gasteiger partial charge in [0.25, 0.3) is 5.91 Å². The molecule has 0 aliphatic rings. The Morgan fingerprint density at radius 2 is 0.980 bits per heavy atom. The van der Waals surface area contributed by atoms with E-state index >= 15 is 0 Å². The number of ketones is 2.